The molecule has 0 aliphatic heterocycles. The number of hydrogen-bond acceptors (Lipinski definition) is 1. The molecule has 0 aliphatic carbocycles. The van der Waals surface area contributed by atoms with Crippen molar-refractivity contribution in [3.8, 4) is 5.69 Å². The maximum Gasteiger partial charge on any atom is 0.274 e. The average Bonchev–Trinajstić information content (AvgIpc) is 2.74. The van der Waals surface area contributed by atoms with Crippen LogP contribution < -0.4 is 5.56 Å². The van der Waals surface area contributed by atoms with E-state index in [0.29, 0.717) is 5.92 Å². The zero-order valence-electron chi connectivity index (χ0n) is 12.9. The van der Waals surface area contributed by atoms with Gasteiger partial charge in [-0.25, -0.2) is 4.68 Å². The lowest BCUT2D eigenvalue weighted by molar-refractivity contribution is 0.743. The molecule has 1 N–H and O–H groups in total. The molecule has 0 atom stereocenters. The Bertz CT molecular complexity index is 635. The first-order chi connectivity index (χ1) is 9.56. The average molecular weight is 272 g/mol. The Balaban J connectivity index is 2.56. The van der Waals surface area contributed by atoms with Crippen molar-refractivity contribution in [2.75, 3.05) is 0 Å². The molecule has 2 aromatic rings. The molecule has 1 aromatic carbocycles. The van der Waals surface area contributed by atoms with E-state index >= 15 is 0 Å². The summed E-state index contributed by atoms with van der Waals surface area (Å²) in [6.45, 7) is 8.44. The molecule has 0 fully saturated rings. The lowest BCUT2D eigenvalue weighted by atomic mass is 10.0. The van der Waals surface area contributed by atoms with Gasteiger partial charge in [-0.05, 0) is 37.3 Å². The van der Waals surface area contributed by atoms with Gasteiger partial charge in [0, 0.05) is 11.3 Å². The molecule has 1 aromatic heterocycles. The minimum absolute atomic E-state index is 0.108. The van der Waals surface area contributed by atoms with Crippen LogP contribution >= 0.6 is 0 Å². The molecule has 0 radical (unpaired) electrons. The van der Waals surface area contributed by atoms with Gasteiger partial charge >= 0.3 is 0 Å². The van der Waals surface area contributed by atoms with E-state index in [1.165, 1.54) is 0 Å². The smallest absolute Gasteiger partial charge is 0.274 e. The third-order valence-electron chi connectivity index (χ3n) is 3.73. The first kappa shape index (κ1) is 14.6. The van der Waals surface area contributed by atoms with Crippen molar-refractivity contribution in [3.63, 3.8) is 0 Å². The predicted octanol–water partition coefficient (Wildman–Crippen LogP) is 3.94. The number of nitrogens with one attached hydrogen (secondary N) is 1. The number of rotatable bonds is 5. The first-order valence-electron chi connectivity index (χ1n) is 7.46. The van der Waals surface area contributed by atoms with Crippen molar-refractivity contribution in [3.05, 3.63) is 51.4 Å². The lowest BCUT2D eigenvalue weighted by Crippen LogP contribution is -2.18. The highest BCUT2D eigenvalue weighted by Crippen LogP contribution is 2.19. The van der Waals surface area contributed by atoms with E-state index in [1.807, 2.05) is 31.2 Å². The Morgan fingerprint density at radius 1 is 1.25 bits per heavy atom. The van der Waals surface area contributed by atoms with Gasteiger partial charge in [0.05, 0.1) is 5.69 Å². The maximum absolute atomic E-state index is 12.7. The Kier molecular flexibility index (Phi) is 4.48. The molecule has 3 heteroatoms. The number of aromatic nitrogens is 2. The Morgan fingerprint density at radius 3 is 2.55 bits per heavy atom. The van der Waals surface area contributed by atoms with Crippen LogP contribution in [0.3, 0.4) is 0 Å². The van der Waals surface area contributed by atoms with Crippen molar-refractivity contribution in [2.24, 2.45) is 0 Å². The van der Waals surface area contributed by atoms with Gasteiger partial charge in [-0.3, -0.25) is 9.89 Å². The zero-order valence-corrected chi connectivity index (χ0v) is 12.9. The highest BCUT2D eigenvalue weighted by molar-refractivity contribution is 5.40. The molecule has 20 heavy (non-hydrogen) atoms. The second-order valence-electron chi connectivity index (χ2n) is 5.69. The molecule has 0 bridgehead atoms. The summed E-state index contributed by atoms with van der Waals surface area (Å²) in [4.78, 5) is 12.7. The van der Waals surface area contributed by atoms with Crippen molar-refractivity contribution in [2.45, 2.75) is 52.9 Å². The van der Waals surface area contributed by atoms with E-state index in [0.717, 1.165) is 41.8 Å². The standard InChI is InChI=1S/C17H24N2O/c1-5-6-10-14-16(12(2)3)18-19(17(14)20)15-11-8-7-9-13(15)4/h7-9,11-12,18H,5-6,10H2,1-4H3. The van der Waals surface area contributed by atoms with Crippen LogP contribution in [-0.2, 0) is 6.42 Å². The monoisotopic (exact) mass is 272 g/mol. The molecule has 1 heterocycles. The van der Waals surface area contributed by atoms with E-state index in [9.17, 15) is 4.79 Å². The van der Waals surface area contributed by atoms with Crippen LogP contribution in [0.2, 0.25) is 0 Å². The molecule has 2 rings (SSSR count). The van der Waals surface area contributed by atoms with E-state index in [1.54, 1.807) is 4.68 Å². The topological polar surface area (TPSA) is 37.8 Å². The number of para-hydroxylation sites is 1. The quantitative estimate of drug-likeness (QED) is 0.879. The Morgan fingerprint density at radius 2 is 1.95 bits per heavy atom. The van der Waals surface area contributed by atoms with Gasteiger partial charge in [0.1, 0.15) is 0 Å². The molecule has 0 spiro atoms. The fraction of sp³-hybridized carbons (Fsp3) is 0.471. The summed E-state index contributed by atoms with van der Waals surface area (Å²) in [5.41, 5.74) is 4.18. The zero-order chi connectivity index (χ0) is 14.7. The van der Waals surface area contributed by atoms with E-state index < -0.39 is 0 Å². The van der Waals surface area contributed by atoms with Crippen molar-refractivity contribution < 1.29 is 0 Å². The number of H-pyrrole nitrogens is 1. The van der Waals surface area contributed by atoms with Crippen molar-refractivity contribution >= 4 is 0 Å². The van der Waals surface area contributed by atoms with E-state index in [4.69, 9.17) is 0 Å². The van der Waals surface area contributed by atoms with Crippen LogP contribution in [0.15, 0.2) is 29.1 Å². The molecular formula is C17H24N2O. The minimum atomic E-state index is 0.108. The van der Waals surface area contributed by atoms with Gasteiger partial charge in [-0.15, -0.1) is 0 Å². The normalized spacial score (nSPS) is 11.2. The van der Waals surface area contributed by atoms with Crippen LogP contribution in [0.5, 0.6) is 0 Å². The highest BCUT2D eigenvalue weighted by Gasteiger charge is 2.17. The molecular weight excluding hydrogens is 248 g/mol. The van der Waals surface area contributed by atoms with Crippen LogP contribution in [0.1, 0.15) is 56.4 Å². The summed E-state index contributed by atoms with van der Waals surface area (Å²) >= 11 is 0. The number of nitrogens with zero attached hydrogens (tertiary/aromatic N) is 1. The summed E-state index contributed by atoms with van der Waals surface area (Å²) in [6, 6.07) is 7.98. The molecule has 0 aliphatic rings. The van der Waals surface area contributed by atoms with E-state index in [2.05, 4.69) is 25.9 Å². The van der Waals surface area contributed by atoms with Gasteiger partial charge in [-0.1, -0.05) is 45.4 Å². The molecule has 0 amide bonds. The largest absolute Gasteiger partial charge is 0.294 e. The van der Waals surface area contributed by atoms with Crippen LogP contribution in [0.4, 0.5) is 0 Å². The number of aromatic amines is 1. The van der Waals surface area contributed by atoms with Crippen molar-refractivity contribution in [1.82, 2.24) is 9.78 Å². The third-order valence-corrected chi connectivity index (χ3v) is 3.73. The second kappa shape index (κ2) is 6.12. The van der Waals surface area contributed by atoms with Gasteiger partial charge < -0.3 is 0 Å². The summed E-state index contributed by atoms with van der Waals surface area (Å²) in [6.07, 6.45) is 3.02. The summed E-state index contributed by atoms with van der Waals surface area (Å²) in [5, 5.41) is 3.32. The molecule has 108 valence electrons. The summed E-state index contributed by atoms with van der Waals surface area (Å²) in [7, 11) is 0. The van der Waals surface area contributed by atoms with Crippen LogP contribution in [-0.4, -0.2) is 9.78 Å². The second-order valence-corrected chi connectivity index (χ2v) is 5.69. The molecule has 3 nitrogen and oxygen atoms in total. The molecule has 0 saturated heterocycles. The fourth-order valence-electron chi connectivity index (χ4n) is 2.55. The molecule has 0 unspecified atom stereocenters. The summed E-state index contributed by atoms with van der Waals surface area (Å²) < 4.78 is 1.70. The van der Waals surface area contributed by atoms with E-state index in [-0.39, 0.29) is 5.56 Å². The third kappa shape index (κ3) is 2.72. The maximum atomic E-state index is 12.7. The van der Waals surface area contributed by atoms with Gasteiger partial charge in [0.25, 0.3) is 5.56 Å². The Hall–Kier alpha value is -1.77. The van der Waals surface area contributed by atoms with Gasteiger partial charge in [0.2, 0.25) is 0 Å². The van der Waals surface area contributed by atoms with Crippen LogP contribution in [0.25, 0.3) is 5.69 Å². The number of aryl methyl sites for hydroxylation is 1. The fourth-order valence-corrected chi connectivity index (χ4v) is 2.55. The van der Waals surface area contributed by atoms with Gasteiger partial charge in [0.15, 0.2) is 0 Å². The van der Waals surface area contributed by atoms with Crippen molar-refractivity contribution in [1.29, 1.82) is 0 Å². The SMILES string of the molecule is CCCCc1c(C(C)C)[nH]n(-c2ccccc2C)c1=O. The highest BCUT2D eigenvalue weighted by atomic mass is 16.1. The number of unbranched alkanes of at least 4 members (excludes halogenated alkanes) is 1. The summed E-state index contributed by atoms with van der Waals surface area (Å²) in [5.74, 6) is 0.333. The predicted molar refractivity (Wildman–Crippen MR) is 83.8 cm³/mol. The number of benzene rings is 1. The van der Waals surface area contributed by atoms with Crippen LogP contribution in [0, 0.1) is 6.92 Å². The minimum Gasteiger partial charge on any atom is -0.294 e. The van der Waals surface area contributed by atoms with Gasteiger partial charge in [-0.2, -0.15) is 0 Å². The lowest BCUT2D eigenvalue weighted by Gasteiger charge is -2.06. The first-order valence-corrected chi connectivity index (χ1v) is 7.46. The Labute approximate surface area is 120 Å². The number of hydrogen-bond donors (Lipinski definition) is 1. The molecule has 0 saturated carbocycles.